The fourth-order valence-electron chi connectivity index (χ4n) is 3.47. The summed E-state index contributed by atoms with van der Waals surface area (Å²) in [4.78, 5) is 30.1. The molecule has 0 bridgehead atoms. The second-order valence-electron chi connectivity index (χ2n) is 6.41. The Morgan fingerprint density at radius 2 is 2.16 bits per heavy atom. The van der Waals surface area contributed by atoms with E-state index in [4.69, 9.17) is 9.84 Å². The zero-order valence-electron chi connectivity index (χ0n) is 14.3. The van der Waals surface area contributed by atoms with Gasteiger partial charge in [-0.1, -0.05) is 18.2 Å². The van der Waals surface area contributed by atoms with Gasteiger partial charge in [-0.15, -0.1) is 0 Å². The number of fused-ring (bicyclic) bond motifs is 1. The molecule has 0 saturated carbocycles. The van der Waals surface area contributed by atoms with Crippen molar-refractivity contribution in [3.05, 3.63) is 36.0 Å². The highest BCUT2D eigenvalue weighted by Crippen LogP contribution is 2.30. The van der Waals surface area contributed by atoms with E-state index in [0.29, 0.717) is 30.8 Å². The van der Waals surface area contributed by atoms with Gasteiger partial charge in [-0.3, -0.25) is 14.6 Å². The molecule has 1 aliphatic rings. The van der Waals surface area contributed by atoms with Crippen molar-refractivity contribution in [1.82, 2.24) is 9.88 Å². The number of rotatable bonds is 5. The lowest BCUT2D eigenvalue weighted by molar-refractivity contribution is -0.137. The molecule has 6 heteroatoms. The Morgan fingerprint density at radius 1 is 1.36 bits per heavy atom. The van der Waals surface area contributed by atoms with Crippen molar-refractivity contribution in [3.63, 3.8) is 0 Å². The molecule has 1 aromatic carbocycles. The van der Waals surface area contributed by atoms with Crippen LogP contribution in [0.2, 0.25) is 0 Å². The van der Waals surface area contributed by atoms with Crippen molar-refractivity contribution >= 4 is 22.8 Å². The first-order valence-corrected chi connectivity index (χ1v) is 8.53. The minimum atomic E-state index is -0.787. The number of carboxylic acid groups (broad SMARTS) is 1. The summed E-state index contributed by atoms with van der Waals surface area (Å²) in [6.45, 7) is 1.27. The first-order chi connectivity index (χ1) is 12.1. The van der Waals surface area contributed by atoms with Gasteiger partial charge >= 0.3 is 5.97 Å². The molecule has 0 spiro atoms. The topological polar surface area (TPSA) is 79.7 Å². The van der Waals surface area contributed by atoms with Gasteiger partial charge in [-0.05, 0) is 31.2 Å². The number of benzene rings is 1. The summed E-state index contributed by atoms with van der Waals surface area (Å²) in [7, 11) is 1.54. The number of piperidine rings is 1. The summed E-state index contributed by atoms with van der Waals surface area (Å²) in [5.41, 5.74) is 1.29. The fourth-order valence-corrected chi connectivity index (χ4v) is 3.47. The number of methoxy groups -OCH3 is 1. The Hall–Kier alpha value is -2.63. The zero-order valence-corrected chi connectivity index (χ0v) is 14.3. The molecule has 1 unspecified atom stereocenters. The van der Waals surface area contributed by atoms with Crippen molar-refractivity contribution in [2.24, 2.45) is 5.92 Å². The number of para-hydroxylation sites is 1. The van der Waals surface area contributed by atoms with Crippen LogP contribution in [-0.4, -0.2) is 47.1 Å². The van der Waals surface area contributed by atoms with Gasteiger partial charge in [0.25, 0.3) is 5.91 Å². The van der Waals surface area contributed by atoms with Crippen molar-refractivity contribution < 1.29 is 19.4 Å². The van der Waals surface area contributed by atoms with E-state index < -0.39 is 5.97 Å². The molecule has 1 atom stereocenters. The van der Waals surface area contributed by atoms with Crippen molar-refractivity contribution in [2.75, 3.05) is 20.2 Å². The molecule has 2 heterocycles. The maximum atomic E-state index is 13.2. The maximum Gasteiger partial charge on any atom is 0.303 e. The number of likely N-dealkylation sites (tertiary alicyclic amines) is 1. The Labute approximate surface area is 146 Å². The zero-order chi connectivity index (χ0) is 17.8. The summed E-state index contributed by atoms with van der Waals surface area (Å²) in [5, 5.41) is 9.66. The highest BCUT2D eigenvalue weighted by molar-refractivity contribution is 6.08. The number of pyridine rings is 1. The number of hydrogen-bond donors (Lipinski definition) is 1. The Balaban J connectivity index is 1.87. The molecule has 0 aliphatic carbocycles. The Bertz CT molecular complexity index is 790. The number of hydrogen-bond acceptors (Lipinski definition) is 4. The number of carbonyl (C=O) groups excluding carboxylic acids is 1. The van der Waals surface area contributed by atoms with Gasteiger partial charge in [0, 0.05) is 24.9 Å². The largest absolute Gasteiger partial charge is 0.494 e. The monoisotopic (exact) mass is 342 g/mol. The van der Waals surface area contributed by atoms with Crippen LogP contribution >= 0.6 is 0 Å². The molecule has 132 valence electrons. The average Bonchev–Trinajstić information content (AvgIpc) is 2.65. The van der Waals surface area contributed by atoms with Crippen LogP contribution in [0.3, 0.4) is 0 Å². The summed E-state index contributed by atoms with van der Waals surface area (Å²) < 4.78 is 5.38. The smallest absolute Gasteiger partial charge is 0.303 e. The van der Waals surface area contributed by atoms with E-state index >= 15 is 0 Å². The predicted molar refractivity (Wildman–Crippen MR) is 93.8 cm³/mol. The van der Waals surface area contributed by atoms with E-state index in [2.05, 4.69) is 4.98 Å². The summed E-state index contributed by atoms with van der Waals surface area (Å²) in [5.74, 6) is -0.162. The highest BCUT2D eigenvalue weighted by atomic mass is 16.5. The van der Waals surface area contributed by atoms with Crippen LogP contribution in [0.5, 0.6) is 5.75 Å². The van der Waals surface area contributed by atoms with E-state index in [1.807, 2.05) is 29.2 Å². The molecule has 1 fully saturated rings. The second-order valence-corrected chi connectivity index (χ2v) is 6.41. The van der Waals surface area contributed by atoms with Gasteiger partial charge in [-0.2, -0.15) is 0 Å². The molecular formula is C19H22N2O4. The van der Waals surface area contributed by atoms with Crippen LogP contribution in [0.1, 0.15) is 36.0 Å². The Kier molecular flexibility index (Phi) is 5.16. The first kappa shape index (κ1) is 17.2. The fraction of sp³-hybridized carbons (Fsp3) is 0.421. The summed E-state index contributed by atoms with van der Waals surface area (Å²) in [6.07, 6.45) is 4.19. The highest BCUT2D eigenvalue weighted by Gasteiger charge is 2.28. The van der Waals surface area contributed by atoms with E-state index in [1.54, 1.807) is 6.20 Å². The van der Waals surface area contributed by atoms with E-state index in [0.717, 1.165) is 23.7 Å². The number of nitrogens with zero attached hydrogens (tertiary/aromatic N) is 2. The van der Waals surface area contributed by atoms with Crippen LogP contribution in [0, 0.1) is 5.92 Å². The molecule has 3 rings (SSSR count). The molecule has 1 aliphatic heterocycles. The molecule has 2 aromatic rings. The number of ether oxygens (including phenoxy) is 1. The molecule has 1 amide bonds. The summed E-state index contributed by atoms with van der Waals surface area (Å²) in [6, 6.07) is 7.52. The van der Waals surface area contributed by atoms with E-state index in [-0.39, 0.29) is 18.2 Å². The van der Waals surface area contributed by atoms with Crippen LogP contribution in [0.15, 0.2) is 30.5 Å². The molecule has 1 aromatic heterocycles. The quantitative estimate of drug-likeness (QED) is 0.903. The molecular weight excluding hydrogens is 320 g/mol. The standard InChI is InChI=1S/C19H22N2O4/c1-25-16-11-20-15-7-3-2-6-14(15)18(16)19(24)21-10-4-5-13(12-21)8-9-17(22)23/h2-3,6-7,11,13H,4-5,8-10,12H2,1H3,(H,22,23). The van der Waals surface area contributed by atoms with Gasteiger partial charge < -0.3 is 14.7 Å². The SMILES string of the molecule is COc1cnc2ccccc2c1C(=O)N1CCCC(CCC(=O)O)C1. The third-order valence-corrected chi connectivity index (χ3v) is 4.75. The molecule has 1 N–H and O–H groups in total. The number of carboxylic acids is 1. The number of amides is 1. The average molecular weight is 342 g/mol. The third kappa shape index (κ3) is 3.73. The second kappa shape index (κ2) is 7.51. The van der Waals surface area contributed by atoms with Crippen LogP contribution in [0.25, 0.3) is 10.9 Å². The molecule has 6 nitrogen and oxygen atoms in total. The minimum absolute atomic E-state index is 0.0736. The predicted octanol–water partition coefficient (Wildman–Crippen LogP) is 2.96. The molecule has 1 saturated heterocycles. The van der Waals surface area contributed by atoms with Crippen LogP contribution in [-0.2, 0) is 4.79 Å². The van der Waals surface area contributed by atoms with Crippen molar-refractivity contribution in [2.45, 2.75) is 25.7 Å². The van der Waals surface area contributed by atoms with Crippen molar-refractivity contribution in [1.29, 1.82) is 0 Å². The van der Waals surface area contributed by atoms with Gasteiger partial charge in [0.05, 0.1) is 24.4 Å². The van der Waals surface area contributed by atoms with Crippen molar-refractivity contribution in [3.8, 4) is 5.75 Å². The van der Waals surface area contributed by atoms with Crippen LogP contribution < -0.4 is 4.74 Å². The number of aliphatic carboxylic acids is 1. The van der Waals surface area contributed by atoms with Gasteiger partial charge in [-0.25, -0.2) is 0 Å². The van der Waals surface area contributed by atoms with Crippen LogP contribution in [0.4, 0.5) is 0 Å². The van der Waals surface area contributed by atoms with E-state index in [9.17, 15) is 9.59 Å². The number of aromatic nitrogens is 1. The van der Waals surface area contributed by atoms with Gasteiger partial charge in [0.2, 0.25) is 0 Å². The minimum Gasteiger partial charge on any atom is -0.494 e. The third-order valence-electron chi connectivity index (χ3n) is 4.75. The summed E-state index contributed by atoms with van der Waals surface area (Å²) >= 11 is 0. The molecule has 0 radical (unpaired) electrons. The van der Waals surface area contributed by atoms with Gasteiger partial charge in [0.1, 0.15) is 0 Å². The molecule has 25 heavy (non-hydrogen) atoms. The Morgan fingerprint density at radius 3 is 2.92 bits per heavy atom. The normalized spacial score (nSPS) is 17.5. The van der Waals surface area contributed by atoms with Gasteiger partial charge in [0.15, 0.2) is 5.75 Å². The van der Waals surface area contributed by atoms with E-state index in [1.165, 1.54) is 7.11 Å². The lowest BCUT2D eigenvalue weighted by Crippen LogP contribution is -2.40. The maximum absolute atomic E-state index is 13.2. The number of carbonyl (C=O) groups is 2. The first-order valence-electron chi connectivity index (χ1n) is 8.53. The lowest BCUT2D eigenvalue weighted by atomic mass is 9.92. The lowest BCUT2D eigenvalue weighted by Gasteiger charge is -2.33.